The highest BCUT2D eigenvalue weighted by molar-refractivity contribution is 9.10. The quantitative estimate of drug-likeness (QED) is 0.832. The summed E-state index contributed by atoms with van der Waals surface area (Å²) < 4.78 is 28.2. The summed E-state index contributed by atoms with van der Waals surface area (Å²) in [6.07, 6.45) is 2.26. The van der Waals surface area contributed by atoms with Crippen molar-refractivity contribution in [3.8, 4) is 0 Å². The molecular weight excluding hydrogens is 352 g/mol. The SMILES string of the molecule is CNCc1cc(Br)c(C)c(S(=O)(=O)N(C)C(C)C2CC2)c1. The van der Waals surface area contributed by atoms with Crippen LogP contribution in [0.2, 0.25) is 0 Å². The molecule has 1 saturated carbocycles. The van der Waals surface area contributed by atoms with E-state index in [4.69, 9.17) is 0 Å². The van der Waals surface area contributed by atoms with E-state index >= 15 is 0 Å². The van der Waals surface area contributed by atoms with Crippen molar-refractivity contribution in [1.82, 2.24) is 9.62 Å². The van der Waals surface area contributed by atoms with Gasteiger partial charge in [-0.2, -0.15) is 4.31 Å². The molecule has 0 bridgehead atoms. The van der Waals surface area contributed by atoms with Crippen molar-refractivity contribution >= 4 is 26.0 Å². The van der Waals surface area contributed by atoms with Crippen LogP contribution in [0, 0.1) is 12.8 Å². The normalized spacial score (nSPS) is 17.2. The highest BCUT2D eigenvalue weighted by atomic mass is 79.9. The molecule has 118 valence electrons. The average Bonchev–Trinajstić information content (AvgIpc) is 3.25. The molecule has 2 rings (SSSR count). The van der Waals surface area contributed by atoms with Crippen LogP contribution in [0.1, 0.15) is 30.9 Å². The van der Waals surface area contributed by atoms with Crippen LogP contribution in [0.4, 0.5) is 0 Å². The van der Waals surface area contributed by atoms with Crippen LogP contribution >= 0.6 is 15.9 Å². The topological polar surface area (TPSA) is 49.4 Å². The lowest BCUT2D eigenvalue weighted by Gasteiger charge is -2.25. The summed E-state index contributed by atoms with van der Waals surface area (Å²) >= 11 is 3.48. The van der Waals surface area contributed by atoms with Gasteiger partial charge >= 0.3 is 0 Å². The molecular formula is C15H23BrN2O2S. The molecule has 6 heteroatoms. The minimum atomic E-state index is -3.46. The zero-order valence-corrected chi connectivity index (χ0v) is 15.4. The average molecular weight is 375 g/mol. The van der Waals surface area contributed by atoms with Gasteiger partial charge < -0.3 is 5.32 Å². The van der Waals surface area contributed by atoms with Gasteiger partial charge in [-0.25, -0.2) is 8.42 Å². The van der Waals surface area contributed by atoms with E-state index in [9.17, 15) is 8.42 Å². The first-order valence-corrected chi connectivity index (χ1v) is 9.44. The van der Waals surface area contributed by atoms with Gasteiger partial charge in [0.25, 0.3) is 0 Å². The van der Waals surface area contributed by atoms with E-state index in [2.05, 4.69) is 21.2 Å². The zero-order valence-electron chi connectivity index (χ0n) is 13.0. The molecule has 0 aliphatic heterocycles. The number of rotatable bonds is 6. The Hall–Kier alpha value is -0.430. The number of hydrogen-bond donors (Lipinski definition) is 1. The largest absolute Gasteiger partial charge is 0.316 e. The molecule has 1 aromatic rings. The lowest BCUT2D eigenvalue weighted by Crippen LogP contribution is -2.36. The summed E-state index contributed by atoms with van der Waals surface area (Å²) in [5.41, 5.74) is 1.73. The van der Waals surface area contributed by atoms with Crippen LogP contribution in [0.3, 0.4) is 0 Å². The monoisotopic (exact) mass is 374 g/mol. The third-order valence-electron chi connectivity index (χ3n) is 4.27. The van der Waals surface area contributed by atoms with E-state index < -0.39 is 10.0 Å². The summed E-state index contributed by atoms with van der Waals surface area (Å²) in [5, 5.41) is 3.06. The molecule has 1 aromatic carbocycles. The first-order chi connectivity index (χ1) is 9.78. The van der Waals surface area contributed by atoms with Crippen LogP contribution in [-0.2, 0) is 16.6 Å². The first-order valence-electron chi connectivity index (χ1n) is 7.20. The summed E-state index contributed by atoms with van der Waals surface area (Å²) in [7, 11) is 0.0796. The van der Waals surface area contributed by atoms with Gasteiger partial charge in [-0.05, 0) is 62.9 Å². The molecule has 1 aliphatic carbocycles. The summed E-state index contributed by atoms with van der Waals surface area (Å²) in [6, 6.07) is 3.80. The smallest absolute Gasteiger partial charge is 0.243 e. The minimum Gasteiger partial charge on any atom is -0.316 e. The molecule has 0 spiro atoms. The standard InChI is InChI=1S/C15H23BrN2O2S/c1-10-14(16)7-12(9-17-3)8-15(10)21(19,20)18(4)11(2)13-5-6-13/h7-8,11,13,17H,5-6,9H2,1-4H3. The Balaban J connectivity index is 2.42. The second kappa shape index (κ2) is 6.36. The van der Waals surface area contributed by atoms with Gasteiger partial charge in [0.2, 0.25) is 10.0 Å². The Morgan fingerprint density at radius 2 is 2.05 bits per heavy atom. The number of hydrogen-bond acceptors (Lipinski definition) is 3. The highest BCUT2D eigenvalue weighted by Gasteiger charge is 2.36. The molecule has 0 radical (unpaired) electrons. The predicted octanol–water partition coefficient (Wildman–Crippen LogP) is 2.90. The molecule has 21 heavy (non-hydrogen) atoms. The van der Waals surface area contributed by atoms with Crippen LogP contribution in [0.15, 0.2) is 21.5 Å². The molecule has 1 aliphatic rings. The van der Waals surface area contributed by atoms with Crippen LogP contribution in [0.5, 0.6) is 0 Å². The van der Waals surface area contributed by atoms with Crippen LogP contribution < -0.4 is 5.32 Å². The molecule has 1 N–H and O–H groups in total. The van der Waals surface area contributed by atoms with Gasteiger partial charge in [-0.1, -0.05) is 15.9 Å². The van der Waals surface area contributed by atoms with Gasteiger partial charge in [0.1, 0.15) is 0 Å². The third kappa shape index (κ3) is 3.50. The van der Waals surface area contributed by atoms with Crippen molar-refractivity contribution in [1.29, 1.82) is 0 Å². The van der Waals surface area contributed by atoms with E-state index in [-0.39, 0.29) is 6.04 Å². The van der Waals surface area contributed by atoms with Crippen molar-refractivity contribution < 1.29 is 8.42 Å². The van der Waals surface area contributed by atoms with Crippen LogP contribution in [-0.4, -0.2) is 32.9 Å². The van der Waals surface area contributed by atoms with Crippen molar-refractivity contribution in [3.05, 3.63) is 27.7 Å². The Morgan fingerprint density at radius 1 is 1.43 bits per heavy atom. The fourth-order valence-electron chi connectivity index (χ4n) is 2.53. The number of benzene rings is 1. The maximum Gasteiger partial charge on any atom is 0.243 e. The van der Waals surface area contributed by atoms with Gasteiger partial charge in [-0.15, -0.1) is 0 Å². The van der Waals surface area contributed by atoms with Crippen molar-refractivity contribution in [2.24, 2.45) is 5.92 Å². The number of sulfonamides is 1. The highest BCUT2D eigenvalue weighted by Crippen LogP contribution is 2.37. The van der Waals surface area contributed by atoms with E-state index in [1.807, 2.05) is 27.0 Å². The molecule has 4 nitrogen and oxygen atoms in total. The second-order valence-corrected chi connectivity index (χ2v) is 8.65. The summed E-state index contributed by atoms with van der Waals surface area (Å²) in [4.78, 5) is 0.400. The van der Waals surface area contributed by atoms with Crippen molar-refractivity contribution in [3.63, 3.8) is 0 Å². The van der Waals surface area contributed by atoms with Gasteiger partial charge in [-0.3, -0.25) is 0 Å². The van der Waals surface area contributed by atoms with Crippen LogP contribution in [0.25, 0.3) is 0 Å². The summed E-state index contributed by atoms with van der Waals surface area (Å²) in [5.74, 6) is 0.508. The fourth-order valence-corrected chi connectivity index (χ4v) is 4.89. The van der Waals surface area contributed by atoms with E-state index in [0.717, 1.165) is 28.4 Å². The number of halogens is 1. The van der Waals surface area contributed by atoms with E-state index in [1.165, 1.54) is 4.31 Å². The maximum absolute atomic E-state index is 12.9. The summed E-state index contributed by atoms with van der Waals surface area (Å²) in [6.45, 7) is 4.48. The van der Waals surface area contributed by atoms with Crippen molar-refractivity contribution in [2.45, 2.75) is 44.2 Å². The fraction of sp³-hybridized carbons (Fsp3) is 0.600. The van der Waals surface area contributed by atoms with Gasteiger partial charge in [0.05, 0.1) is 4.90 Å². The van der Waals surface area contributed by atoms with Gasteiger partial charge in [0, 0.05) is 24.1 Å². The maximum atomic E-state index is 12.9. The molecule has 0 heterocycles. The number of nitrogens with one attached hydrogen (secondary N) is 1. The molecule has 1 fully saturated rings. The zero-order chi connectivity index (χ0) is 15.8. The molecule has 0 amide bonds. The third-order valence-corrected chi connectivity index (χ3v) is 7.17. The molecule has 0 aromatic heterocycles. The lowest BCUT2D eigenvalue weighted by molar-refractivity contribution is 0.356. The Kier molecular flexibility index (Phi) is 5.13. The van der Waals surface area contributed by atoms with Gasteiger partial charge in [0.15, 0.2) is 0 Å². The molecule has 1 atom stereocenters. The lowest BCUT2D eigenvalue weighted by atomic mass is 10.1. The second-order valence-electron chi connectivity index (χ2n) is 5.83. The van der Waals surface area contributed by atoms with E-state index in [0.29, 0.717) is 17.4 Å². The Morgan fingerprint density at radius 3 is 2.57 bits per heavy atom. The Labute approximate surface area is 136 Å². The van der Waals surface area contributed by atoms with Crippen molar-refractivity contribution in [2.75, 3.05) is 14.1 Å². The minimum absolute atomic E-state index is 0.0566. The molecule has 1 unspecified atom stereocenters. The molecule has 0 saturated heterocycles. The first kappa shape index (κ1) is 16.9. The van der Waals surface area contributed by atoms with E-state index in [1.54, 1.807) is 13.1 Å². The number of nitrogens with zero attached hydrogens (tertiary/aromatic N) is 1. The predicted molar refractivity (Wildman–Crippen MR) is 88.8 cm³/mol. The Bertz CT molecular complexity index is 627.